The number of rotatable bonds is 5. The van der Waals surface area contributed by atoms with Crippen molar-refractivity contribution in [3.8, 4) is 5.75 Å². The Morgan fingerprint density at radius 1 is 1.30 bits per heavy atom. The van der Waals surface area contributed by atoms with Crippen LogP contribution in [-0.2, 0) is 4.74 Å². The van der Waals surface area contributed by atoms with E-state index in [1.165, 1.54) is 17.3 Å². The van der Waals surface area contributed by atoms with Gasteiger partial charge in [-0.2, -0.15) is 13.2 Å². The number of morpholine rings is 1. The topological polar surface area (TPSA) is 97.4 Å². The minimum absolute atomic E-state index is 0.0446. The van der Waals surface area contributed by atoms with Crippen LogP contribution in [-0.4, -0.2) is 53.3 Å². The molecule has 4 rings (SSSR count). The van der Waals surface area contributed by atoms with E-state index in [1.807, 2.05) is 6.92 Å². The number of benzene rings is 1. The van der Waals surface area contributed by atoms with Gasteiger partial charge in [0.2, 0.25) is 0 Å². The zero-order valence-corrected chi connectivity index (χ0v) is 16.4. The van der Waals surface area contributed by atoms with Crippen LogP contribution in [0, 0.1) is 5.41 Å². The molecule has 1 aliphatic carbocycles. The minimum Gasteiger partial charge on any atom is -0.488 e. The number of nitrogens with one attached hydrogen (secondary N) is 1. The summed E-state index contributed by atoms with van der Waals surface area (Å²) < 4.78 is 49.8. The highest BCUT2D eigenvalue weighted by molar-refractivity contribution is 6.13. The normalized spacial score (nSPS) is 20.7. The number of nitrogens with two attached hydrogens (primary N) is 1. The van der Waals surface area contributed by atoms with E-state index in [1.54, 1.807) is 18.2 Å². The Morgan fingerprint density at radius 3 is 2.77 bits per heavy atom. The molecule has 1 aliphatic heterocycles. The molecule has 0 amide bonds. The highest BCUT2D eigenvalue weighted by atomic mass is 19.4. The third-order valence-corrected chi connectivity index (χ3v) is 5.28. The Hall–Kier alpha value is -2.88. The third-order valence-electron chi connectivity index (χ3n) is 5.28. The van der Waals surface area contributed by atoms with Crippen LogP contribution in [0.2, 0.25) is 0 Å². The maximum Gasteiger partial charge on any atom is 0.416 e. The van der Waals surface area contributed by atoms with Crippen molar-refractivity contribution in [1.82, 2.24) is 9.97 Å². The van der Waals surface area contributed by atoms with Gasteiger partial charge in [-0.25, -0.2) is 9.97 Å². The number of halogens is 3. The fourth-order valence-corrected chi connectivity index (χ4v) is 3.23. The smallest absolute Gasteiger partial charge is 0.416 e. The molecule has 0 spiro atoms. The van der Waals surface area contributed by atoms with Crippen molar-refractivity contribution >= 4 is 17.2 Å². The van der Waals surface area contributed by atoms with Gasteiger partial charge in [0.15, 0.2) is 6.10 Å². The van der Waals surface area contributed by atoms with Gasteiger partial charge in [-0.3, -0.25) is 5.41 Å². The summed E-state index contributed by atoms with van der Waals surface area (Å²) in [5.74, 6) is 0.915. The average molecular weight is 421 g/mol. The largest absolute Gasteiger partial charge is 0.488 e. The number of aromatic nitrogens is 2. The SMILES string of the molecule is CC1(Oc2ccc(N)c(C(=N)c3cc(N4CCOC(C(F)(F)F)C4)ncn3)c2)CC1. The molecule has 0 radical (unpaired) electrons. The Balaban J connectivity index is 1.56. The molecule has 1 aromatic carbocycles. The van der Waals surface area contributed by atoms with Gasteiger partial charge in [0.1, 0.15) is 23.5 Å². The quantitative estimate of drug-likeness (QED) is 0.569. The maximum atomic E-state index is 13.0. The lowest BCUT2D eigenvalue weighted by molar-refractivity contribution is -0.221. The first-order valence-corrected chi connectivity index (χ1v) is 9.58. The van der Waals surface area contributed by atoms with Crippen LogP contribution in [0.4, 0.5) is 24.7 Å². The predicted octanol–water partition coefficient (Wildman–Crippen LogP) is 3.17. The minimum atomic E-state index is -4.45. The molecule has 3 N–H and O–H groups in total. The molecule has 1 saturated heterocycles. The zero-order valence-electron chi connectivity index (χ0n) is 16.4. The second-order valence-corrected chi connectivity index (χ2v) is 7.78. The van der Waals surface area contributed by atoms with Gasteiger partial charge in [-0.15, -0.1) is 0 Å². The lowest BCUT2D eigenvalue weighted by Gasteiger charge is -2.34. The van der Waals surface area contributed by atoms with E-state index >= 15 is 0 Å². The summed E-state index contributed by atoms with van der Waals surface area (Å²) in [5, 5.41) is 8.56. The second kappa shape index (κ2) is 7.42. The van der Waals surface area contributed by atoms with Crippen LogP contribution >= 0.6 is 0 Å². The number of hydrogen-bond acceptors (Lipinski definition) is 7. The van der Waals surface area contributed by atoms with Crippen LogP contribution in [0.3, 0.4) is 0 Å². The molecule has 10 heteroatoms. The average Bonchev–Trinajstić information content (AvgIpc) is 3.45. The maximum absolute atomic E-state index is 13.0. The Labute approximate surface area is 171 Å². The summed E-state index contributed by atoms with van der Waals surface area (Å²) >= 11 is 0. The number of nitrogen functional groups attached to an aromatic ring is 1. The molecule has 2 aromatic rings. The lowest BCUT2D eigenvalue weighted by Crippen LogP contribution is -2.49. The van der Waals surface area contributed by atoms with E-state index in [0.29, 0.717) is 22.8 Å². The molecule has 2 heterocycles. The Morgan fingerprint density at radius 2 is 2.07 bits per heavy atom. The third kappa shape index (κ3) is 4.33. The van der Waals surface area contributed by atoms with E-state index in [4.69, 9.17) is 20.6 Å². The molecule has 0 bridgehead atoms. The fraction of sp³-hybridized carbons (Fsp3) is 0.450. The van der Waals surface area contributed by atoms with E-state index in [9.17, 15) is 13.2 Å². The van der Waals surface area contributed by atoms with Crippen molar-refractivity contribution in [3.05, 3.63) is 41.9 Å². The first-order valence-electron chi connectivity index (χ1n) is 9.58. The molecule has 1 unspecified atom stereocenters. The summed E-state index contributed by atoms with van der Waals surface area (Å²) in [6, 6.07) is 6.61. The van der Waals surface area contributed by atoms with Gasteiger partial charge in [-0.05, 0) is 38.0 Å². The molecule has 7 nitrogen and oxygen atoms in total. The van der Waals surface area contributed by atoms with Crippen LogP contribution in [0.15, 0.2) is 30.6 Å². The van der Waals surface area contributed by atoms with Crippen molar-refractivity contribution in [1.29, 1.82) is 5.41 Å². The molecule has 2 fully saturated rings. The molecule has 30 heavy (non-hydrogen) atoms. The van der Waals surface area contributed by atoms with E-state index in [-0.39, 0.29) is 36.7 Å². The molecule has 1 atom stereocenters. The number of ether oxygens (including phenoxy) is 2. The zero-order chi connectivity index (χ0) is 21.5. The summed E-state index contributed by atoms with van der Waals surface area (Å²) in [5.41, 5.74) is 7.02. The molecular formula is C20H22F3N5O2. The number of nitrogens with zero attached hydrogens (tertiary/aromatic N) is 3. The first kappa shape index (κ1) is 20.4. The van der Waals surface area contributed by atoms with Gasteiger partial charge >= 0.3 is 6.18 Å². The van der Waals surface area contributed by atoms with Crippen molar-refractivity contribution in [2.24, 2.45) is 0 Å². The van der Waals surface area contributed by atoms with Crippen molar-refractivity contribution in [3.63, 3.8) is 0 Å². The number of hydrogen-bond donors (Lipinski definition) is 2. The molecular weight excluding hydrogens is 399 g/mol. The van der Waals surface area contributed by atoms with Crippen LogP contribution in [0.5, 0.6) is 5.75 Å². The standard InChI is InChI=1S/C20H22F3N5O2/c1-19(4-5-19)30-12-2-3-14(24)13(8-12)18(25)15-9-17(27-11-26-15)28-6-7-29-16(10-28)20(21,22)23/h2-3,8-9,11,16,25H,4-7,10,24H2,1H3. The van der Waals surface area contributed by atoms with Crippen LogP contribution in [0.25, 0.3) is 0 Å². The van der Waals surface area contributed by atoms with Gasteiger partial charge in [0, 0.05) is 23.9 Å². The van der Waals surface area contributed by atoms with Crippen LogP contribution in [0.1, 0.15) is 31.0 Å². The monoisotopic (exact) mass is 421 g/mol. The van der Waals surface area contributed by atoms with E-state index < -0.39 is 12.3 Å². The Kier molecular flexibility index (Phi) is 5.05. The van der Waals surface area contributed by atoms with Gasteiger partial charge < -0.3 is 20.1 Å². The van der Waals surface area contributed by atoms with E-state index in [0.717, 1.165) is 12.8 Å². The second-order valence-electron chi connectivity index (χ2n) is 7.78. The number of anilines is 2. The highest BCUT2D eigenvalue weighted by Crippen LogP contribution is 2.40. The summed E-state index contributed by atoms with van der Waals surface area (Å²) in [6.07, 6.45) is -3.15. The molecule has 1 aromatic heterocycles. The van der Waals surface area contributed by atoms with Crippen molar-refractivity contribution in [2.45, 2.75) is 37.6 Å². The van der Waals surface area contributed by atoms with Gasteiger partial charge in [0.25, 0.3) is 0 Å². The van der Waals surface area contributed by atoms with Crippen molar-refractivity contribution in [2.75, 3.05) is 30.3 Å². The fourth-order valence-electron chi connectivity index (χ4n) is 3.23. The summed E-state index contributed by atoms with van der Waals surface area (Å²) in [6.45, 7) is 1.85. The van der Waals surface area contributed by atoms with E-state index in [2.05, 4.69) is 9.97 Å². The Bertz CT molecular complexity index is 962. The lowest BCUT2D eigenvalue weighted by atomic mass is 10.0. The van der Waals surface area contributed by atoms with Gasteiger partial charge in [0.05, 0.1) is 24.6 Å². The molecule has 2 aliphatic rings. The first-order chi connectivity index (χ1) is 14.1. The highest BCUT2D eigenvalue weighted by Gasteiger charge is 2.43. The van der Waals surface area contributed by atoms with Gasteiger partial charge in [-0.1, -0.05) is 0 Å². The predicted molar refractivity (Wildman–Crippen MR) is 105 cm³/mol. The molecule has 160 valence electrons. The molecule has 1 saturated carbocycles. The number of alkyl halides is 3. The van der Waals surface area contributed by atoms with Crippen molar-refractivity contribution < 1.29 is 22.6 Å². The summed E-state index contributed by atoms with van der Waals surface area (Å²) in [4.78, 5) is 9.70. The van der Waals surface area contributed by atoms with Crippen LogP contribution < -0.4 is 15.4 Å². The summed E-state index contributed by atoms with van der Waals surface area (Å²) in [7, 11) is 0.